The molecule has 0 radical (unpaired) electrons. The predicted octanol–water partition coefficient (Wildman–Crippen LogP) is 3.99. The molecule has 0 saturated heterocycles. The minimum atomic E-state index is -4.41. The summed E-state index contributed by atoms with van der Waals surface area (Å²) >= 11 is 5.50. The average Bonchev–Trinajstić information content (AvgIpc) is 2.26. The van der Waals surface area contributed by atoms with Crippen molar-refractivity contribution >= 4 is 22.5 Å². The van der Waals surface area contributed by atoms with Crippen LogP contribution in [-0.4, -0.2) is 4.98 Å². The van der Waals surface area contributed by atoms with Crippen LogP contribution in [0.15, 0.2) is 30.5 Å². The Labute approximate surface area is 94.9 Å². The zero-order valence-corrected chi connectivity index (χ0v) is 8.81. The Morgan fingerprint density at radius 2 is 1.88 bits per heavy atom. The van der Waals surface area contributed by atoms with Crippen molar-refractivity contribution in [1.82, 2.24) is 4.98 Å². The van der Waals surface area contributed by atoms with Gasteiger partial charge in [0.15, 0.2) is 0 Å². The van der Waals surface area contributed by atoms with Crippen LogP contribution in [0.4, 0.5) is 13.2 Å². The van der Waals surface area contributed by atoms with Crippen molar-refractivity contribution in [3.8, 4) is 0 Å². The van der Waals surface area contributed by atoms with Gasteiger partial charge in [-0.3, -0.25) is 4.98 Å². The molecule has 0 unspecified atom stereocenters. The Morgan fingerprint density at radius 1 is 1.19 bits per heavy atom. The lowest BCUT2D eigenvalue weighted by Crippen LogP contribution is -2.10. The van der Waals surface area contributed by atoms with E-state index in [9.17, 15) is 13.2 Å². The minimum Gasteiger partial charge on any atom is -0.256 e. The summed E-state index contributed by atoms with van der Waals surface area (Å²) in [7, 11) is 0. The van der Waals surface area contributed by atoms with Gasteiger partial charge in [-0.2, -0.15) is 13.2 Å². The van der Waals surface area contributed by atoms with E-state index >= 15 is 0 Å². The van der Waals surface area contributed by atoms with E-state index in [0.29, 0.717) is 5.52 Å². The van der Waals surface area contributed by atoms with Crippen LogP contribution in [0.1, 0.15) is 11.1 Å². The Bertz CT molecular complexity index is 522. The van der Waals surface area contributed by atoms with E-state index < -0.39 is 11.7 Å². The first kappa shape index (κ1) is 11.2. The van der Waals surface area contributed by atoms with Gasteiger partial charge in [-0.05, 0) is 11.6 Å². The highest BCUT2D eigenvalue weighted by molar-refractivity contribution is 6.17. The van der Waals surface area contributed by atoms with Crippen molar-refractivity contribution in [2.45, 2.75) is 12.1 Å². The van der Waals surface area contributed by atoms with Gasteiger partial charge >= 0.3 is 6.18 Å². The number of alkyl halides is 4. The number of aromatic nitrogens is 1. The van der Waals surface area contributed by atoms with E-state index in [4.69, 9.17) is 11.6 Å². The molecule has 0 amide bonds. The first-order valence-corrected chi connectivity index (χ1v) is 5.07. The average molecular weight is 246 g/mol. The quantitative estimate of drug-likeness (QED) is 0.692. The summed E-state index contributed by atoms with van der Waals surface area (Å²) in [6, 6.07) is 6.15. The highest BCUT2D eigenvalue weighted by Crippen LogP contribution is 2.37. The van der Waals surface area contributed by atoms with Crippen LogP contribution in [0.2, 0.25) is 0 Å². The molecule has 84 valence electrons. The molecule has 0 aliphatic carbocycles. The molecular weight excluding hydrogens is 239 g/mol. The molecule has 1 nitrogen and oxygen atoms in total. The second-order valence-corrected chi connectivity index (χ2v) is 3.57. The summed E-state index contributed by atoms with van der Waals surface area (Å²) < 4.78 is 38.6. The lowest BCUT2D eigenvalue weighted by molar-refractivity contribution is -0.136. The van der Waals surface area contributed by atoms with Gasteiger partial charge in [0.05, 0.1) is 11.1 Å². The summed E-state index contributed by atoms with van der Waals surface area (Å²) in [6.45, 7) is 0. The molecule has 1 heterocycles. The molecule has 0 aliphatic rings. The third-order valence-corrected chi connectivity index (χ3v) is 2.57. The van der Waals surface area contributed by atoms with Gasteiger partial charge < -0.3 is 0 Å². The second-order valence-electron chi connectivity index (χ2n) is 3.31. The molecule has 0 aliphatic heterocycles. The number of pyridine rings is 1. The molecule has 0 atom stereocenters. The van der Waals surface area contributed by atoms with Gasteiger partial charge in [-0.15, -0.1) is 11.6 Å². The van der Waals surface area contributed by atoms with E-state index in [0.717, 1.165) is 0 Å². The van der Waals surface area contributed by atoms with Crippen LogP contribution < -0.4 is 0 Å². The van der Waals surface area contributed by atoms with Gasteiger partial charge in [-0.25, -0.2) is 0 Å². The Morgan fingerprint density at radius 3 is 2.50 bits per heavy atom. The number of hydrogen-bond donors (Lipinski definition) is 0. The monoisotopic (exact) mass is 245 g/mol. The van der Waals surface area contributed by atoms with Gasteiger partial charge in [0.1, 0.15) is 0 Å². The maximum atomic E-state index is 12.9. The fourth-order valence-corrected chi connectivity index (χ4v) is 1.82. The third kappa shape index (κ3) is 1.85. The summed E-state index contributed by atoms with van der Waals surface area (Å²) in [5.74, 6) is -0.202. The van der Waals surface area contributed by atoms with Crippen molar-refractivity contribution in [3.05, 3.63) is 41.6 Å². The normalized spacial score (nSPS) is 12.0. The molecule has 0 bridgehead atoms. The molecule has 1 aromatic carbocycles. The topological polar surface area (TPSA) is 12.9 Å². The molecule has 2 aromatic rings. The zero-order chi connectivity index (χ0) is 11.8. The number of fused-ring (bicyclic) bond motifs is 1. The standard InChI is InChI=1S/C11H7ClF3N/c12-5-7-6-16-9-4-2-1-3-8(9)10(7)11(13,14)15/h1-4,6H,5H2. The van der Waals surface area contributed by atoms with E-state index in [1.807, 2.05) is 0 Å². The fraction of sp³-hybridized carbons (Fsp3) is 0.182. The summed E-state index contributed by atoms with van der Waals surface area (Å²) in [4.78, 5) is 3.94. The lowest BCUT2D eigenvalue weighted by Gasteiger charge is -2.13. The van der Waals surface area contributed by atoms with Crippen LogP contribution in [-0.2, 0) is 12.1 Å². The molecule has 5 heteroatoms. The van der Waals surface area contributed by atoms with E-state index in [2.05, 4.69) is 4.98 Å². The smallest absolute Gasteiger partial charge is 0.256 e. The second kappa shape index (κ2) is 3.94. The van der Waals surface area contributed by atoms with Crippen LogP contribution in [0.25, 0.3) is 10.9 Å². The minimum absolute atomic E-state index is 0.00728. The van der Waals surface area contributed by atoms with Crippen LogP contribution >= 0.6 is 11.6 Å². The summed E-state index contributed by atoms with van der Waals surface area (Å²) in [5, 5.41) is 0.0909. The molecule has 0 fully saturated rings. The van der Waals surface area contributed by atoms with E-state index in [1.165, 1.54) is 12.3 Å². The summed E-state index contributed by atoms with van der Waals surface area (Å²) in [6.07, 6.45) is -3.23. The molecular formula is C11H7ClF3N. The maximum Gasteiger partial charge on any atom is 0.417 e. The number of nitrogens with zero attached hydrogens (tertiary/aromatic N) is 1. The van der Waals surface area contributed by atoms with Gasteiger partial charge in [0.25, 0.3) is 0 Å². The SMILES string of the molecule is FC(F)(F)c1c(CCl)cnc2ccccc12. The highest BCUT2D eigenvalue weighted by atomic mass is 35.5. The van der Waals surface area contributed by atoms with Crippen molar-refractivity contribution in [3.63, 3.8) is 0 Å². The zero-order valence-electron chi connectivity index (χ0n) is 8.05. The number of para-hydroxylation sites is 1. The van der Waals surface area contributed by atoms with E-state index in [1.54, 1.807) is 18.2 Å². The maximum absolute atomic E-state index is 12.9. The first-order valence-electron chi connectivity index (χ1n) is 4.54. The molecule has 0 spiro atoms. The van der Waals surface area contributed by atoms with Crippen molar-refractivity contribution in [1.29, 1.82) is 0 Å². The fourth-order valence-electron chi connectivity index (χ4n) is 1.62. The number of hydrogen-bond acceptors (Lipinski definition) is 1. The van der Waals surface area contributed by atoms with Gasteiger partial charge in [-0.1, -0.05) is 18.2 Å². The third-order valence-electron chi connectivity index (χ3n) is 2.28. The predicted molar refractivity (Wildman–Crippen MR) is 56.3 cm³/mol. The van der Waals surface area contributed by atoms with Crippen molar-refractivity contribution < 1.29 is 13.2 Å². The molecule has 1 aromatic heterocycles. The van der Waals surface area contributed by atoms with Gasteiger partial charge in [0.2, 0.25) is 0 Å². The largest absolute Gasteiger partial charge is 0.417 e. The molecule has 0 N–H and O–H groups in total. The van der Waals surface area contributed by atoms with Crippen LogP contribution in [0.5, 0.6) is 0 Å². The number of benzene rings is 1. The number of halogens is 4. The van der Waals surface area contributed by atoms with Crippen molar-refractivity contribution in [2.75, 3.05) is 0 Å². The lowest BCUT2D eigenvalue weighted by atomic mass is 10.0. The molecule has 0 saturated carbocycles. The molecule has 16 heavy (non-hydrogen) atoms. The Balaban J connectivity index is 2.84. The molecule has 2 rings (SSSR count). The highest BCUT2D eigenvalue weighted by Gasteiger charge is 2.35. The number of rotatable bonds is 1. The summed E-state index contributed by atoms with van der Waals surface area (Å²) in [5.41, 5.74) is -0.357. The first-order chi connectivity index (χ1) is 7.54. The van der Waals surface area contributed by atoms with Crippen LogP contribution in [0, 0.1) is 0 Å². The van der Waals surface area contributed by atoms with E-state index in [-0.39, 0.29) is 16.8 Å². The Hall–Kier alpha value is -1.29. The Kier molecular flexibility index (Phi) is 2.76. The van der Waals surface area contributed by atoms with Crippen LogP contribution in [0.3, 0.4) is 0 Å². The van der Waals surface area contributed by atoms with Crippen molar-refractivity contribution in [2.24, 2.45) is 0 Å². The van der Waals surface area contributed by atoms with Gasteiger partial charge in [0, 0.05) is 17.5 Å².